The molecule has 1 amide bonds. The summed E-state index contributed by atoms with van der Waals surface area (Å²) in [7, 11) is 0. The number of carbonyl (C=O) groups is 2. The average Bonchev–Trinajstić information content (AvgIpc) is 2.15. The summed E-state index contributed by atoms with van der Waals surface area (Å²) < 4.78 is 0. The van der Waals surface area contributed by atoms with Crippen molar-refractivity contribution in [3.05, 3.63) is 35.9 Å². The lowest BCUT2D eigenvalue weighted by Crippen LogP contribution is -2.23. The van der Waals surface area contributed by atoms with Crippen molar-refractivity contribution in [2.24, 2.45) is 5.73 Å². The van der Waals surface area contributed by atoms with Crippen molar-refractivity contribution in [1.29, 1.82) is 0 Å². The Bertz CT molecular complexity index is 334. The van der Waals surface area contributed by atoms with Gasteiger partial charge < -0.3 is 10.8 Å². The molecule has 74 valence electrons. The van der Waals surface area contributed by atoms with Gasteiger partial charge in [-0.3, -0.25) is 9.59 Å². The second kappa shape index (κ2) is 4.41. The Balaban J connectivity index is 2.89. The fourth-order valence-electron chi connectivity index (χ4n) is 1.24. The number of hydrogen-bond acceptors (Lipinski definition) is 2. The van der Waals surface area contributed by atoms with Gasteiger partial charge in [0, 0.05) is 0 Å². The zero-order valence-electron chi connectivity index (χ0n) is 7.51. The first-order valence-corrected chi connectivity index (χ1v) is 4.17. The van der Waals surface area contributed by atoms with E-state index in [1.54, 1.807) is 30.3 Å². The van der Waals surface area contributed by atoms with Crippen molar-refractivity contribution in [1.82, 2.24) is 0 Å². The Hall–Kier alpha value is -1.84. The summed E-state index contributed by atoms with van der Waals surface area (Å²) in [5.74, 6) is -2.38. The number of amides is 1. The summed E-state index contributed by atoms with van der Waals surface area (Å²) in [5, 5.41) is 8.59. The molecule has 1 aromatic carbocycles. The van der Waals surface area contributed by atoms with Crippen LogP contribution in [0.5, 0.6) is 0 Å². The lowest BCUT2D eigenvalue weighted by Gasteiger charge is -2.10. The van der Waals surface area contributed by atoms with Crippen LogP contribution in [0.2, 0.25) is 0 Å². The zero-order valence-corrected chi connectivity index (χ0v) is 7.51. The van der Waals surface area contributed by atoms with Gasteiger partial charge in [0.2, 0.25) is 5.91 Å². The zero-order chi connectivity index (χ0) is 10.6. The fraction of sp³-hybridized carbons (Fsp3) is 0.200. The smallest absolute Gasteiger partial charge is 0.304 e. The van der Waals surface area contributed by atoms with E-state index in [4.69, 9.17) is 10.8 Å². The second-order valence-electron chi connectivity index (χ2n) is 2.96. The average molecular weight is 193 g/mol. The molecule has 0 heterocycles. The Morgan fingerprint density at radius 1 is 1.29 bits per heavy atom. The number of aliphatic carboxylic acids is 1. The van der Waals surface area contributed by atoms with Crippen LogP contribution < -0.4 is 5.73 Å². The van der Waals surface area contributed by atoms with Gasteiger partial charge in [0.25, 0.3) is 0 Å². The third kappa shape index (κ3) is 2.58. The Kier molecular flexibility index (Phi) is 3.23. The molecule has 0 saturated carbocycles. The van der Waals surface area contributed by atoms with E-state index in [-0.39, 0.29) is 6.42 Å². The van der Waals surface area contributed by atoms with E-state index in [1.807, 2.05) is 0 Å². The number of benzene rings is 1. The fourth-order valence-corrected chi connectivity index (χ4v) is 1.24. The molecule has 1 rings (SSSR count). The van der Waals surface area contributed by atoms with E-state index in [0.717, 1.165) is 0 Å². The number of carboxylic acids is 1. The van der Waals surface area contributed by atoms with Gasteiger partial charge in [0.15, 0.2) is 0 Å². The van der Waals surface area contributed by atoms with Crippen LogP contribution in [0.15, 0.2) is 30.3 Å². The van der Waals surface area contributed by atoms with Gasteiger partial charge in [-0.1, -0.05) is 30.3 Å². The van der Waals surface area contributed by atoms with Gasteiger partial charge >= 0.3 is 5.97 Å². The molecular weight excluding hydrogens is 182 g/mol. The van der Waals surface area contributed by atoms with Crippen LogP contribution in [0.1, 0.15) is 17.9 Å². The minimum Gasteiger partial charge on any atom is -0.481 e. The molecule has 0 fully saturated rings. The molecule has 4 nitrogen and oxygen atoms in total. The van der Waals surface area contributed by atoms with E-state index < -0.39 is 17.8 Å². The highest BCUT2D eigenvalue weighted by atomic mass is 16.4. The summed E-state index contributed by atoms with van der Waals surface area (Å²) in [6.07, 6.45) is -0.265. The number of carboxylic acid groups (broad SMARTS) is 1. The highest BCUT2D eigenvalue weighted by Gasteiger charge is 2.20. The molecule has 0 bridgehead atoms. The van der Waals surface area contributed by atoms with Gasteiger partial charge in [-0.05, 0) is 5.56 Å². The van der Waals surface area contributed by atoms with Gasteiger partial charge in [-0.25, -0.2) is 0 Å². The number of primary amides is 1. The summed E-state index contributed by atoms with van der Waals surface area (Å²) in [6, 6.07) is 8.67. The van der Waals surface area contributed by atoms with Gasteiger partial charge in [0.05, 0.1) is 12.3 Å². The Morgan fingerprint density at radius 3 is 2.29 bits per heavy atom. The first kappa shape index (κ1) is 10.2. The molecule has 1 unspecified atom stereocenters. The highest BCUT2D eigenvalue weighted by molar-refractivity contribution is 5.86. The molecular formula is C10H11NO3. The number of nitrogens with two attached hydrogens (primary N) is 1. The van der Waals surface area contributed by atoms with Crippen LogP contribution >= 0.6 is 0 Å². The molecule has 4 heteroatoms. The van der Waals surface area contributed by atoms with Crippen LogP contribution in [0.3, 0.4) is 0 Å². The van der Waals surface area contributed by atoms with Crippen molar-refractivity contribution in [2.75, 3.05) is 0 Å². The van der Waals surface area contributed by atoms with E-state index in [2.05, 4.69) is 0 Å². The van der Waals surface area contributed by atoms with Crippen molar-refractivity contribution in [3.63, 3.8) is 0 Å². The first-order chi connectivity index (χ1) is 6.61. The molecule has 0 radical (unpaired) electrons. The minimum absolute atomic E-state index is 0.265. The summed E-state index contributed by atoms with van der Waals surface area (Å²) in [6.45, 7) is 0. The number of hydrogen-bond donors (Lipinski definition) is 2. The topological polar surface area (TPSA) is 80.4 Å². The minimum atomic E-state index is -1.03. The van der Waals surface area contributed by atoms with Crippen molar-refractivity contribution in [2.45, 2.75) is 12.3 Å². The maximum Gasteiger partial charge on any atom is 0.304 e. The SMILES string of the molecule is NC(=O)C(CC(=O)O)c1ccccc1. The molecule has 1 aromatic rings. The monoisotopic (exact) mass is 193 g/mol. The molecule has 0 aliphatic carbocycles. The molecule has 0 aliphatic rings. The summed E-state index contributed by atoms with van der Waals surface area (Å²) in [5.41, 5.74) is 5.76. The first-order valence-electron chi connectivity index (χ1n) is 4.17. The van der Waals surface area contributed by atoms with Crippen LogP contribution in [-0.4, -0.2) is 17.0 Å². The summed E-state index contributed by atoms with van der Waals surface area (Å²) in [4.78, 5) is 21.5. The van der Waals surface area contributed by atoms with E-state index in [1.165, 1.54) is 0 Å². The quantitative estimate of drug-likeness (QED) is 0.739. The Labute approximate surface area is 81.3 Å². The van der Waals surface area contributed by atoms with E-state index in [0.29, 0.717) is 5.56 Å². The maximum atomic E-state index is 11.0. The van der Waals surface area contributed by atoms with Crippen LogP contribution in [0.25, 0.3) is 0 Å². The largest absolute Gasteiger partial charge is 0.481 e. The van der Waals surface area contributed by atoms with Crippen molar-refractivity contribution < 1.29 is 14.7 Å². The lowest BCUT2D eigenvalue weighted by atomic mass is 9.95. The summed E-state index contributed by atoms with van der Waals surface area (Å²) >= 11 is 0. The third-order valence-electron chi connectivity index (χ3n) is 1.92. The maximum absolute atomic E-state index is 11.0. The molecule has 14 heavy (non-hydrogen) atoms. The number of rotatable bonds is 4. The van der Waals surface area contributed by atoms with Crippen molar-refractivity contribution in [3.8, 4) is 0 Å². The Morgan fingerprint density at radius 2 is 1.86 bits per heavy atom. The predicted molar refractivity (Wildman–Crippen MR) is 50.6 cm³/mol. The molecule has 0 spiro atoms. The standard InChI is InChI=1S/C10H11NO3/c11-10(14)8(6-9(12)13)7-4-2-1-3-5-7/h1-5,8H,6H2,(H2,11,14)(H,12,13). The van der Waals surface area contributed by atoms with Crippen LogP contribution in [0, 0.1) is 0 Å². The molecule has 1 atom stereocenters. The van der Waals surface area contributed by atoms with E-state index >= 15 is 0 Å². The lowest BCUT2D eigenvalue weighted by molar-refractivity contribution is -0.139. The van der Waals surface area contributed by atoms with Crippen LogP contribution in [0.4, 0.5) is 0 Å². The second-order valence-corrected chi connectivity index (χ2v) is 2.96. The number of carbonyl (C=O) groups excluding carboxylic acids is 1. The van der Waals surface area contributed by atoms with Gasteiger partial charge in [-0.15, -0.1) is 0 Å². The van der Waals surface area contributed by atoms with Gasteiger partial charge in [-0.2, -0.15) is 0 Å². The van der Waals surface area contributed by atoms with E-state index in [9.17, 15) is 9.59 Å². The molecule has 0 aromatic heterocycles. The third-order valence-corrected chi connectivity index (χ3v) is 1.92. The molecule has 0 saturated heterocycles. The van der Waals surface area contributed by atoms with Crippen LogP contribution in [-0.2, 0) is 9.59 Å². The highest BCUT2D eigenvalue weighted by Crippen LogP contribution is 2.18. The predicted octanol–water partition coefficient (Wildman–Crippen LogP) is 0.730. The molecule has 0 aliphatic heterocycles. The molecule has 3 N–H and O–H groups in total. The van der Waals surface area contributed by atoms with Crippen molar-refractivity contribution >= 4 is 11.9 Å². The normalized spacial score (nSPS) is 12.0. The van der Waals surface area contributed by atoms with Gasteiger partial charge in [0.1, 0.15) is 0 Å².